The molecule has 0 fully saturated rings. The van der Waals surface area contributed by atoms with Crippen molar-refractivity contribution < 1.29 is 13.9 Å². The molecule has 0 bridgehead atoms. The molecular weight excluding hydrogens is 432 g/mol. The maximum absolute atomic E-state index is 12.7. The van der Waals surface area contributed by atoms with Crippen LogP contribution in [-0.4, -0.2) is 26.1 Å². The number of thioether (sulfide) groups is 1. The van der Waals surface area contributed by atoms with Gasteiger partial charge < -0.3 is 14.1 Å². The number of imidazole rings is 1. The fourth-order valence-corrected chi connectivity index (χ4v) is 4.54. The average molecular weight is 449 g/mol. The molecule has 7 nitrogen and oxygen atoms in total. The Bertz CT molecular complexity index is 1290. The molecule has 9 heteroatoms. The van der Waals surface area contributed by atoms with Gasteiger partial charge >= 0.3 is 5.97 Å². The van der Waals surface area contributed by atoms with Gasteiger partial charge in [0.25, 0.3) is 11.8 Å². The summed E-state index contributed by atoms with van der Waals surface area (Å²) in [5.74, 6) is 0.819. The number of thiophene rings is 1. The van der Waals surface area contributed by atoms with E-state index in [-0.39, 0.29) is 12.5 Å². The highest BCUT2D eigenvalue weighted by molar-refractivity contribution is 7.98. The molecule has 0 saturated carbocycles. The van der Waals surface area contributed by atoms with Crippen molar-refractivity contribution in [3.8, 4) is 10.8 Å². The zero-order chi connectivity index (χ0) is 21.0. The molecule has 1 N–H and O–H groups in total. The van der Waals surface area contributed by atoms with Crippen LogP contribution in [0.1, 0.15) is 21.8 Å². The minimum atomic E-state index is -0.434. The highest BCUT2D eigenvalue weighted by Gasteiger charge is 2.16. The van der Waals surface area contributed by atoms with E-state index in [0.29, 0.717) is 17.2 Å². The van der Waals surface area contributed by atoms with Gasteiger partial charge in [-0.05, 0) is 35.2 Å². The van der Waals surface area contributed by atoms with E-state index in [2.05, 4.69) is 20.2 Å². The molecule has 154 valence electrons. The molecule has 0 unspecified atom stereocenters. The number of hydrogen-bond donors (Lipinski definition) is 1. The summed E-state index contributed by atoms with van der Waals surface area (Å²) in [6.45, 7) is -0.0811. The topological polar surface area (TPSA) is 93.9 Å². The highest BCUT2D eigenvalue weighted by atomic mass is 32.2. The molecule has 31 heavy (non-hydrogen) atoms. The Kier molecular flexibility index (Phi) is 5.51. The lowest BCUT2D eigenvalue weighted by molar-refractivity contribution is 0.0437. The monoisotopic (exact) mass is 448 g/mol. The number of nitrogens with zero attached hydrogens (tertiary/aromatic N) is 3. The SMILES string of the molecule is O=C(OCc1nnc(-c2cccs2)o1)c1ccccc1CSc1nc2ccccc2[nH]1. The molecular formula is C22H16N4O3S2. The second-order valence-electron chi connectivity index (χ2n) is 6.56. The normalized spacial score (nSPS) is 11.1. The van der Waals surface area contributed by atoms with Crippen LogP contribution in [0.15, 0.2) is 75.6 Å². The lowest BCUT2D eigenvalue weighted by Gasteiger charge is -2.08. The van der Waals surface area contributed by atoms with E-state index in [9.17, 15) is 4.79 Å². The molecule has 0 radical (unpaired) electrons. The van der Waals surface area contributed by atoms with E-state index < -0.39 is 5.97 Å². The Hall–Kier alpha value is -3.43. The zero-order valence-electron chi connectivity index (χ0n) is 16.1. The summed E-state index contributed by atoms with van der Waals surface area (Å²) < 4.78 is 11.0. The smallest absolute Gasteiger partial charge is 0.338 e. The van der Waals surface area contributed by atoms with Crippen molar-refractivity contribution in [1.82, 2.24) is 20.2 Å². The van der Waals surface area contributed by atoms with Gasteiger partial charge in [-0.15, -0.1) is 21.5 Å². The Morgan fingerprint density at radius 2 is 1.94 bits per heavy atom. The van der Waals surface area contributed by atoms with Crippen molar-refractivity contribution in [1.29, 1.82) is 0 Å². The molecule has 2 aromatic carbocycles. The summed E-state index contributed by atoms with van der Waals surface area (Å²) in [7, 11) is 0. The number of carbonyl (C=O) groups excluding carboxylic acids is 1. The number of aromatic nitrogens is 4. The van der Waals surface area contributed by atoms with Gasteiger partial charge in [-0.3, -0.25) is 0 Å². The third-order valence-electron chi connectivity index (χ3n) is 4.49. The predicted octanol–water partition coefficient (Wildman–Crippen LogP) is 5.32. The van der Waals surface area contributed by atoms with Crippen molar-refractivity contribution in [2.45, 2.75) is 17.5 Å². The van der Waals surface area contributed by atoms with Crippen LogP contribution in [0.4, 0.5) is 0 Å². The molecule has 0 spiro atoms. The quantitative estimate of drug-likeness (QED) is 0.266. The van der Waals surface area contributed by atoms with Crippen LogP contribution in [0, 0.1) is 0 Å². The molecule has 0 saturated heterocycles. The van der Waals surface area contributed by atoms with Crippen molar-refractivity contribution in [2.24, 2.45) is 0 Å². The average Bonchev–Trinajstić information content (AvgIpc) is 3.56. The highest BCUT2D eigenvalue weighted by Crippen LogP contribution is 2.26. The maximum Gasteiger partial charge on any atom is 0.338 e. The van der Waals surface area contributed by atoms with Crippen LogP contribution >= 0.6 is 23.1 Å². The van der Waals surface area contributed by atoms with Crippen LogP contribution < -0.4 is 0 Å². The first-order valence-electron chi connectivity index (χ1n) is 9.45. The maximum atomic E-state index is 12.7. The second kappa shape index (κ2) is 8.75. The number of carbonyl (C=O) groups is 1. The van der Waals surface area contributed by atoms with Crippen LogP contribution in [0.25, 0.3) is 21.8 Å². The van der Waals surface area contributed by atoms with Crippen LogP contribution in [0.5, 0.6) is 0 Å². The van der Waals surface area contributed by atoms with Crippen molar-refractivity contribution >= 4 is 40.1 Å². The standard InChI is InChI=1S/C22H16N4O3S2/c27-21(28-12-19-25-26-20(29-19)18-10-5-11-30-18)15-7-2-1-6-14(15)13-31-22-23-16-8-3-4-9-17(16)24-22/h1-11H,12-13H2,(H,23,24). The third-order valence-corrected chi connectivity index (χ3v) is 6.27. The molecule has 5 rings (SSSR count). The third kappa shape index (κ3) is 4.37. The van der Waals surface area contributed by atoms with Crippen LogP contribution in [0.3, 0.4) is 0 Å². The largest absolute Gasteiger partial charge is 0.452 e. The van der Waals surface area contributed by atoms with Crippen LogP contribution in [-0.2, 0) is 17.1 Å². The molecule has 0 atom stereocenters. The number of H-pyrrole nitrogens is 1. The van der Waals surface area contributed by atoms with E-state index in [1.54, 1.807) is 6.07 Å². The van der Waals surface area contributed by atoms with Crippen molar-refractivity contribution in [3.63, 3.8) is 0 Å². The van der Waals surface area contributed by atoms with E-state index in [4.69, 9.17) is 9.15 Å². The zero-order valence-corrected chi connectivity index (χ0v) is 17.8. The fourth-order valence-electron chi connectivity index (χ4n) is 3.01. The van der Waals surface area contributed by atoms with Crippen molar-refractivity contribution in [3.05, 3.63) is 83.1 Å². The summed E-state index contributed by atoms with van der Waals surface area (Å²) >= 11 is 3.04. The molecule has 5 aromatic rings. The number of nitrogens with one attached hydrogen (secondary N) is 1. The number of rotatable bonds is 7. The molecule has 0 aliphatic carbocycles. The predicted molar refractivity (Wildman–Crippen MR) is 119 cm³/mol. The molecule has 3 heterocycles. The van der Waals surface area contributed by atoms with Crippen LogP contribution in [0.2, 0.25) is 0 Å². The summed E-state index contributed by atoms with van der Waals surface area (Å²) in [5.41, 5.74) is 3.27. The number of hydrogen-bond acceptors (Lipinski definition) is 8. The Labute approximate surface area is 185 Å². The van der Waals surface area contributed by atoms with E-state index in [0.717, 1.165) is 26.6 Å². The Morgan fingerprint density at radius 3 is 2.81 bits per heavy atom. The first-order valence-corrected chi connectivity index (χ1v) is 11.3. The van der Waals surface area contributed by atoms with Gasteiger partial charge in [0, 0.05) is 5.75 Å². The Balaban J connectivity index is 1.24. The van der Waals surface area contributed by atoms with Gasteiger partial charge in [0.1, 0.15) is 0 Å². The second-order valence-corrected chi connectivity index (χ2v) is 8.47. The number of benzene rings is 2. The molecule has 0 aliphatic heterocycles. The van der Waals surface area contributed by atoms with E-state index in [1.807, 2.05) is 60.0 Å². The molecule has 0 amide bonds. The number of esters is 1. The van der Waals surface area contributed by atoms with Gasteiger partial charge in [0.2, 0.25) is 0 Å². The summed E-state index contributed by atoms with van der Waals surface area (Å²) in [4.78, 5) is 21.4. The number of ether oxygens (including phenoxy) is 1. The molecule has 0 aliphatic rings. The van der Waals surface area contributed by atoms with Crippen molar-refractivity contribution in [2.75, 3.05) is 0 Å². The van der Waals surface area contributed by atoms with Gasteiger partial charge in [-0.1, -0.05) is 48.2 Å². The summed E-state index contributed by atoms with van der Waals surface area (Å²) in [6, 6.07) is 19.0. The van der Waals surface area contributed by atoms with E-state index >= 15 is 0 Å². The first kappa shape index (κ1) is 19.5. The molecule has 3 aromatic heterocycles. The van der Waals surface area contributed by atoms with Gasteiger partial charge in [-0.2, -0.15) is 0 Å². The van der Waals surface area contributed by atoms with Gasteiger partial charge in [0.05, 0.1) is 21.5 Å². The lowest BCUT2D eigenvalue weighted by atomic mass is 10.1. The lowest BCUT2D eigenvalue weighted by Crippen LogP contribution is -2.08. The number of aromatic amines is 1. The first-order chi connectivity index (χ1) is 15.3. The van der Waals surface area contributed by atoms with Gasteiger partial charge in [0.15, 0.2) is 11.8 Å². The number of fused-ring (bicyclic) bond motifs is 1. The summed E-state index contributed by atoms with van der Waals surface area (Å²) in [5, 5.41) is 10.7. The Morgan fingerprint density at radius 1 is 1.06 bits per heavy atom. The van der Waals surface area contributed by atoms with E-state index in [1.165, 1.54) is 23.1 Å². The minimum absolute atomic E-state index is 0.0811. The number of para-hydroxylation sites is 2. The minimum Gasteiger partial charge on any atom is -0.452 e. The fraction of sp³-hybridized carbons (Fsp3) is 0.0909. The summed E-state index contributed by atoms with van der Waals surface area (Å²) in [6.07, 6.45) is 0. The van der Waals surface area contributed by atoms with Gasteiger partial charge in [-0.25, -0.2) is 9.78 Å².